The summed E-state index contributed by atoms with van der Waals surface area (Å²) in [5.41, 5.74) is 7.90. The third-order valence-electron chi connectivity index (χ3n) is 3.39. The van der Waals surface area contributed by atoms with Crippen LogP contribution < -0.4 is 20.5 Å². The number of benzene rings is 1. The van der Waals surface area contributed by atoms with E-state index in [2.05, 4.69) is 19.2 Å². The first-order chi connectivity index (χ1) is 8.93. The first kappa shape index (κ1) is 15.6. The van der Waals surface area contributed by atoms with Gasteiger partial charge in [-0.25, -0.2) is 0 Å². The Hall–Kier alpha value is -1.42. The van der Waals surface area contributed by atoms with Crippen molar-refractivity contribution < 1.29 is 9.47 Å². The molecule has 0 radical (unpaired) electrons. The van der Waals surface area contributed by atoms with Crippen LogP contribution in [0.2, 0.25) is 0 Å². The molecule has 19 heavy (non-hydrogen) atoms. The number of nitrogens with two attached hydrogens (primary N) is 1. The molecule has 0 aliphatic carbocycles. The highest BCUT2D eigenvalue weighted by Crippen LogP contribution is 2.32. The Morgan fingerprint density at radius 2 is 1.79 bits per heavy atom. The SMILES string of the molecule is COc1cc(NCCC(C)(C)CN)c(OC)cc1C. The van der Waals surface area contributed by atoms with Crippen LogP contribution in [0.25, 0.3) is 0 Å². The van der Waals surface area contributed by atoms with E-state index in [1.807, 2.05) is 19.1 Å². The van der Waals surface area contributed by atoms with Crippen molar-refractivity contribution >= 4 is 5.69 Å². The second-order valence-electron chi connectivity index (χ2n) is 5.57. The molecule has 108 valence electrons. The van der Waals surface area contributed by atoms with Gasteiger partial charge >= 0.3 is 0 Å². The Morgan fingerprint density at radius 3 is 2.32 bits per heavy atom. The Balaban J connectivity index is 2.77. The molecule has 1 rings (SSSR count). The van der Waals surface area contributed by atoms with Gasteiger partial charge in [-0.15, -0.1) is 0 Å². The van der Waals surface area contributed by atoms with Crippen LogP contribution in [0.15, 0.2) is 12.1 Å². The summed E-state index contributed by atoms with van der Waals surface area (Å²) < 4.78 is 10.7. The van der Waals surface area contributed by atoms with Gasteiger partial charge in [0.1, 0.15) is 11.5 Å². The smallest absolute Gasteiger partial charge is 0.142 e. The minimum absolute atomic E-state index is 0.148. The highest BCUT2D eigenvalue weighted by molar-refractivity contribution is 5.62. The predicted molar refractivity (Wildman–Crippen MR) is 80.2 cm³/mol. The largest absolute Gasteiger partial charge is 0.496 e. The van der Waals surface area contributed by atoms with E-state index in [-0.39, 0.29) is 5.41 Å². The molecular formula is C15H26N2O2. The average molecular weight is 266 g/mol. The number of aryl methyl sites for hydroxylation is 1. The van der Waals surface area contributed by atoms with Crippen molar-refractivity contribution in [3.63, 3.8) is 0 Å². The van der Waals surface area contributed by atoms with Gasteiger partial charge in [0.25, 0.3) is 0 Å². The van der Waals surface area contributed by atoms with Crippen LogP contribution >= 0.6 is 0 Å². The number of rotatable bonds is 7. The zero-order valence-corrected chi connectivity index (χ0v) is 12.7. The number of methoxy groups -OCH3 is 2. The first-order valence-electron chi connectivity index (χ1n) is 6.60. The highest BCUT2D eigenvalue weighted by atomic mass is 16.5. The molecule has 4 nitrogen and oxygen atoms in total. The number of hydrogen-bond acceptors (Lipinski definition) is 4. The van der Waals surface area contributed by atoms with Gasteiger partial charge in [0, 0.05) is 12.6 Å². The van der Waals surface area contributed by atoms with E-state index in [4.69, 9.17) is 15.2 Å². The van der Waals surface area contributed by atoms with Crippen LogP contribution in [-0.4, -0.2) is 27.3 Å². The summed E-state index contributed by atoms with van der Waals surface area (Å²) in [7, 11) is 3.35. The minimum atomic E-state index is 0.148. The Kier molecular flexibility index (Phi) is 5.48. The van der Waals surface area contributed by atoms with Crippen molar-refractivity contribution in [1.82, 2.24) is 0 Å². The van der Waals surface area contributed by atoms with Crippen molar-refractivity contribution in [2.45, 2.75) is 27.2 Å². The van der Waals surface area contributed by atoms with E-state index >= 15 is 0 Å². The predicted octanol–water partition coefficient (Wildman–Crippen LogP) is 2.80. The first-order valence-corrected chi connectivity index (χ1v) is 6.60. The maximum atomic E-state index is 5.73. The monoisotopic (exact) mass is 266 g/mol. The molecule has 1 aromatic rings. The second kappa shape index (κ2) is 6.66. The summed E-state index contributed by atoms with van der Waals surface area (Å²) in [5.74, 6) is 1.70. The summed E-state index contributed by atoms with van der Waals surface area (Å²) in [6, 6.07) is 3.96. The summed E-state index contributed by atoms with van der Waals surface area (Å²) in [6.07, 6.45) is 1.00. The van der Waals surface area contributed by atoms with Gasteiger partial charge in [-0.05, 0) is 36.9 Å². The summed E-state index contributed by atoms with van der Waals surface area (Å²) in [5, 5.41) is 3.40. The topological polar surface area (TPSA) is 56.5 Å². The fourth-order valence-electron chi connectivity index (χ4n) is 1.83. The van der Waals surface area contributed by atoms with Crippen LogP contribution in [0, 0.1) is 12.3 Å². The molecule has 0 aliphatic heterocycles. The Bertz CT molecular complexity index is 417. The molecule has 0 saturated heterocycles. The molecule has 0 spiro atoms. The second-order valence-corrected chi connectivity index (χ2v) is 5.57. The van der Waals surface area contributed by atoms with Gasteiger partial charge in [-0.1, -0.05) is 13.8 Å². The molecule has 0 atom stereocenters. The third kappa shape index (κ3) is 4.31. The molecule has 0 fully saturated rings. The zero-order valence-electron chi connectivity index (χ0n) is 12.7. The number of ether oxygens (including phenoxy) is 2. The molecule has 0 aromatic heterocycles. The minimum Gasteiger partial charge on any atom is -0.496 e. The molecule has 0 saturated carbocycles. The van der Waals surface area contributed by atoms with Crippen molar-refractivity contribution in [2.75, 3.05) is 32.6 Å². The molecule has 0 aliphatic rings. The normalized spacial score (nSPS) is 11.3. The van der Waals surface area contributed by atoms with Crippen molar-refractivity contribution in [3.8, 4) is 11.5 Å². The Labute approximate surface area is 116 Å². The van der Waals surface area contributed by atoms with Gasteiger partial charge in [0.15, 0.2) is 0 Å². The van der Waals surface area contributed by atoms with E-state index in [1.54, 1.807) is 14.2 Å². The molecule has 0 heterocycles. The third-order valence-corrected chi connectivity index (χ3v) is 3.39. The lowest BCUT2D eigenvalue weighted by atomic mass is 9.90. The van der Waals surface area contributed by atoms with Crippen LogP contribution in [0.1, 0.15) is 25.8 Å². The molecule has 3 N–H and O–H groups in total. The maximum Gasteiger partial charge on any atom is 0.142 e. The van der Waals surface area contributed by atoms with E-state index in [0.717, 1.165) is 35.7 Å². The molecule has 0 bridgehead atoms. The van der Waals surface area contributed by atoms with Crippen LogP contribution in [-0.2, 0) is 0 Å². The maximum absolute atomic E-state index is 5.73. The highest BCUT2D eigenvalue weighted by Gasteiger charge is 2.15. The summed E-state index contributed by atoms with van der Waals surface area (Å²) in [4.78, 5) is 0. The molecule has 0 unspecified atom stereocenters. The molecule has 1 aromatic carbocycles. The Morgan fingerprint density at radius 1 is 1.16 bits per heavy atom. The van der Waals surface area contributed by atoms with Gasteiger partial charge < -0.3 is 20.5 Å². The molecular weight excluding hydrogens is 240 g/mol. The fourth-order valence-corrected chi connectivity index (χ4v) is 1.83. The average Bonchev–Trinajstić information content (AvgIpc) is 2.39. The van der Waals surface area contributed by atoms with Crippen LogP contribution in [0.3, 0.4) is 0 Å². The number of nitrogens with one attached hydrogen (secondary N) is 1. The van der Waals surface area contributed by atoms with Gasteiger partial charge in [0.05, 0.1) is 19.9 Å². The van der Waals surface area contributed by atoms with Crippen LogP contribution in [0.5, 0.6) is 11.5 Å². The summed E-state index contributed by atoms with van der Waals surface area (Å²) in [6.45, 7) is 7.88. The van der Waals surface area contributed by atoms with E-state index in [1.165, 1.54) is 0 Å². The van der Waals surface area contributed by atoms with Gasteiger partial charge in [0.2, 0.25) is 0 Å². The molecule has 0 amide bonds. The summed E-state index contributed by atoms with van der Waals surface area (Å²) >= 11 is 0. The number of hydrogen-bond donors (Lipinski definition) is 2. The lowest BCUT2D eigenvalue weighted by Crippen LogP contribution is -2.26. The van der Waals surface area contributed by atoms with Gasteiger partial charge in [-0.2, -0.15) is 0 Å². The van der Waals surface area contributed by atoms with Crippen molar-refractivity contribution in [1.29, 1.82) is 0 Å². The van der Waals surface area contributed by atoms with Crippen molar-refractivity contribution in [3.05, 3.63) is 17.7 Å². The van der Waals surface area contributed by atoms with E-state index < -0.39 is 0 Å². The van der Waals surface area contributed by atoms with Crippen LogP contribution in [0.4, 0.5) is 5.69 Å². The quantitative estimate of drug-likeness (QED) is 0.797. The van der Waals surface area contributed by atoms with Crippen molar-refractivity contribution in [2.24, 2.45) is 11.1 Å². The van der Waals surface area contributed by atoms with Gasteiger partial charge in [-0.3, -0.25) is 0 Å². The van der Waals surface area contributed by atoms with E-state index in [0.29, 0.717) is 6.54 Å². The van der Waals surface area contributed by atoms with E-state index in [9.17, 15) is 0 Å². The number of anilines is 1. The standard InChI is InChI=1S/C15H26N2O2/c1-11-8-14(19-5)12(9-13(11)18-4)17-7-6-15(2,3)10-16/h8-9,17H,6-7,10,16H2,1-5H3. The molecule has 4 heteroatoms. The lowest BCUT2D eigenvalue weighted by molar-refractivity contribution is 0.357. The lowest BCUT2D eigenvalue weighted by Gasteiger charge is -2.23. The zero-order chi connectivity index (χ0) is 14.5. The fraction of sp³-hybridized carbons (Fsp3) is 0.600.